The number of rotatable bonds is 4. The number of hydrogen-bond acceptors (Lipinski definition) is 2. The zero-order valence-electron chi connectivity index (χ0n) is 8.58. The monoisotopic (exact) mass is 198 g/mol. The third-order valence-corrected chi connectivity index (χ3v) is 5.13. The maximum Gasteiger partial charge on any atom is 0.255 e. The third kappa shape index (κ3) is 4.00. The first-order chi connectivity index (χ1) is 6.24. The van der Waals surface area contributed by atoms with Crippen LogP contribution in [0.3, 0.4) is 0 Å². The summed E-state index contributed by atoms with van der Waals surface area (Å²) in [6.45, 7) is 2.05. The van der Waals surface area contributed by atoms with Crippen LogP contribution in [0.5, 0.6) is 0 Å². The highest BCUT2D eigenvalue weighted by atomic mass is 27.1. The Bertz CT molecular complexity index is 137. The van der Waals surface area contributed by atoms with E-state index in [0.717, 1.165) is 11.2 Å². The molecule has 75 valence electrons. The topological polar surface area (TPSA) is 46.2 Å². The van der Waals surface area contributed by atoms with Crippen molar-refractivity contribution in [3.05, 3.63) is 0 Å². The third-order valence-electron chi connectivity index (χ3n) is 3.03. The average Bonchev–Trinajstić information content (AvgIpc) is 2.18. The van der Waals surface area contributed by atoms with Crippen molar-refractivity contribution in [1.29, 1.82) is 0 Å². The summed E-state index contributed by atoms with van der Waals surface area (Å²) in [5.41, 5.74) is 5.80. The first-order valence-corrected chi connectivity index (χ1v) is 6.86. The Hall–Kier alpha value is 0.452. The summed E-state index contributed by atoms with van der Waals surface area (Å²) >= 11 is 0.167. The van der Waals surface area contributed by atoms with Crippen LogP contribution in [0.15, 0.2) is 0 Å². The number of hydrogen-bond donors (Lipinski definition) is 2. The van der Waals surface area contributed by atoms with Gasteiger partial charge in [-0.2, -0.15) is 0 Å². The van der Waals surface area contributed by atoms with E-state index in [4.69, 9.17) is 5.73 Å². The van der Waals surface area contributed by atoms with Gasteiger partial charge in [0.2, 0.25) is 0 Å². The maximum absolute atomic E-state index is 9.78. The molecule has 1 saturated carbocycles. The van der Waals surface area contributed by atoms with Crippen molar-refractivity contribution in [2.75, 3.05) is 0 Å². The Kier molecular flexibility index (Phi) is 5.35. The van der Waals surface area contributed by atoms with E-state index in [2.05, 4.69) is 0 Å². The van der Waals surface area contributed by atoms with Crippen molar-refractivity contribution < 1.29 is 5.11 Å². The quantitative estimate of drug-likeness (QED) is 0.672. The first-order valence-electron chi connectivity index (χ1n) is 5.52. The second-order valence-corrected chi connectivity index (χ2v) is 6.16. The molecular weight excluding hydrogens is 177 g/mol. The molecular formula is C10H21AlNO. The predicted molar refractivity (Wildman–Crippen MR) is 56.9 cm³/mol. The smallest absolute Gasteiger partial charge is 0.255 e. The molecule has 0 saturated heterocycles. The Morgan fingerprint density at radius 2 is 2.00 bits per heavy atom. The van der Waals surface area contributed by atoms with Gasteiger partial charge in [-0.15, -0.1) is 0 Å². The molecule has 3 heteroatoms. The molecule has 0 aromatic heterocycles. The highest BCUT2D eigenvalue weighted by molar-refractivity contribution is 6.39. The van der Waals surface area contributed by atoms with Crippen LogP contribution in [0, 0.1) is 0 Å². The van der Waals surface area contributed by atoms with Crippen molar-refractivity contribution >= 4 is 15.2 Å². The first kappa shape index (κ1) is 11.5. The van der Waals surface area contributed by atoms with E-state index < -0.39 is 0 Å². The average molecular weight is 198 g/mol. The fourth-order valence-corrected chi connectivity index (χ4v) is 3.96. The molecule has 2 unspecified atom stereocenters. The predicted octanol–water partition coefficient (Wildman–Crippen LogP) is 1.50. The number of aliphatic hydroxyl groups excluding tert-OH is 1. The van der Waals surface area contributed by atoms with E-state index in [1.54, 1.807) is 0 Å². The molecule has 0 aromatic rings. The molecule has 0 heterocycles. The molecule has 2 nitrogen and oxygen atoms in total. The van der Waals surface area contributed by atoms with E-state index in [9.17, 15) is 5.11 Å². The van der Waals surface area contributed by atoms with Crippen LogP contribution < -0.4 is 5.73 Å². The fraction of sp³-hybridized carbons (Fsp3) is 1.00. The molecule has 13 heavy (non-hydrogen) atoms. The van der Waals surface area contributed by atoms with Gasteiger partial charge in [0.1, 0.15) is 0 Å². The molecule has 1 aliphatic carbocycles. The van der Waals surface area contributed by atoms with Gasteiger partial charge < -0.3 is 10.8 Å². The van der Waals surface area contributed by atoms with Gasteiger partial charge >= 0.3 is 0 Å². The molecule has 1 aliphatic rings. The summed E-state index contributed by atoms with van der Waals surface area (Å²) in [6, 6.07) is 0.0249. The maximum atomic E-state index is 9.78. The minimum Gasteiger partial charge on any atom is -0.408 e. The van der Waals surface area contributed by atoms with Crippen LogP contribution in [-0.4, -0.2) is 31.3 Å². The van der Waals surface area contributed by atoms with Crippen molar-refractivity contribution in [1.82, 2.24) is 0 Å². The Morgan fingerprint density at radius 3 is 2.54 bits per heavy atom. The second kappa shape index (κ2) is 6.03. The van der Waals surface area contributed by atoms with Gasteiger partial charge in [-0.1, -0.05) is 43.8 Å². The zero-order valence-corrected chi connectivity index (χ0v) is 9.73. The van der Waals surface area contributed by atoms with Gasteiger partial charge in [-0.05, 0) is 6.42 Å². The fourth-order valence-electron chi connectivity index (χ4n) is 1.99. The Morgan fingerprint density at radius 1 is 1.38 bits per heavy atom. The molecule has 1 fully saturated rings. The molecule has 1 rings (SSSR count). The highest BCUT2D eigenvalue weighted by Crippen LogP contribution is 2.28. The van der Waals surface area contributed by atoms with Crippen LogP contribution in [0.2, 0.25) is 4.78 Å². The SMILES string of the molecule is CCC(N)[CH](O)[Al][CH]1CCCCC1. The lowest BCUT2D eigenvalue weighted by Gasteiger charge is -2.25. The summed E-state index contributed by atoms with van der Waals surface area (Å²) in [4.78, 5) is -0.187. The molecule has 3 N–H and O–H groups in total. The summed E-state index contributed by atoms with van der Waals surface area (Å²) in [5.74, 6) is 0. The zero-order chi connectivity index (χ0) is 9.68. The normalized spacial score (nSPS) is 23.9. The van der Waals surface area contributed by atoms with E-state index in [-0.39, 0.29) is 26.2 Å². The van der Waals surface area contributed by atoms with Gasteiger partial charge in [0, 0.05) is 11.0 Å². The largest absolute Gasteiger partial charge is 0.408 e. The van der Waals surface area contributed by atoms with Crippen molar-refractivity contribution in [3.63, 3.8) is 0 Å². The van der Waals surface area contributed by atoms with Crippen LogP contribution in [-0.2, 0) is 0 Å². The molecule has 0 spiro atoms. The van der Waals surface area contributed by atoms with E-state index in [1.807, 2.05) is 6.92 Å². The molecule has 1 radical (unpaired) electrons. The van der Waals surface area contributed by atoms with E-state index in [0.29, 0.717) is 0 Å². The molecule has 0 aliphatic heterocycles. The van der Waals surface area contributed by atoms with Gasteiger partial charge in [0.25, 0.3) is 15.2 Å². The molecule has 0 amide bonds. The van der Waals surface area contributed by atoms with Gasteiger partial charge in [-0.3, -0.25) is 0 Å². The van der Waals surface area contributed by atoms with Crippen molar-refractivity contribution in [2.45, 2.75) is 61.2 Å². The number of aliphatic hydroxyl groups is 1. The second-order valence-electron chi connectivity index (χ2n) is 4.15. The van der Waals surface area contributed by atoms with Crippen LogP contribution >= 0.6 is 0 Å². The van der Waals surface area contributed by atoms with Gasteiger partial charge in [0.05, 0.1) is 0 Å². The van der Waals surface area contributed by atoms with Crippen LogP contribution in [0.4, 0.5) is 0 Å². The van der Waals surface area contributed by atoms with Crippen LogP contribution in [0.1, 0.15) is 45.4 Å². The van der Waals surface area contributed by atoms with Gasteiger partial charge in [0.15, 0.2) is 0 Å². The van der Waals surface area contributed by atoms with Crippen LogP contribution in [0.25, 0.3) is 0 Å². The van der Waals surface area contributed by atoms with Crippen molar-refractivity contribution in [3.8, 4) is 0 Å². The lowest BCUT2D eigenvalue weighted by Crippen LogP contribution is -2.40. The Balaban J connectivity index is 2.21. The highest BCUT2D eigenvalue weighted by Gasteiger charge is 2.22. The summed E-state index contributed by atoms with van der Waals surface area (Å²) in [7, 11) is 0. The van der Waals surface area contributed by atoms with Gasteiger partial charge in [-0.25, -0.2) is 0 Å². The summed E-state index contributed by atoms with van der Waals surface area (Å²) in [6.07, 6.45) is 7.70. The Labute approximate surface area is 87.6 Å². The minimum absolute atomic E-state index is 0.0249. The molecule has 0 aromatic carbocycles. The minimum atomic E-state index is -0.187. The van der Waals surface area contributed by atoms with E-state index >= 15 is 0 Å². The standard InChI is InChI=1S/C6H11.C4H10NO.Al/c1-2-4-6-5-3-1;1-2-4(5)3-6;/h1H,2-6H2;3-4,6H,2,5H2,1H3;. The molecule has 2 atom stereocenters. The lowest BCUT2D eigenvalue weighted by atomic mass is 10.0. The van der Waals surface area contributed by atoms with Crippen molar-refractivity contribution in [2.24, 2.45) is 5.73 Å². The van der Waals surface area contributed by atoms with E-state index in [1.165, 1.54) is 32.1 Å². The molecule has 0 bridgehead atoms. The summed E-state index contributed by atoms with van der Waals surface area (Å²) in [5, 5.41) is 9.78. The number of nitrogens with two attached hydrogens (primary N) is 1. The summed E-state index contributed by atoms with van der Waals surface area (Å²) < 4.78 is 0.821. The lowest BCUT2D eigenvalue weighted by molar-refractivity contribution is 0.213.